The molecule has 4 rings (SSSR count). The molecule has 2 heterocycles. The smallest absolute Gasteiger partial charge is 0.172 e. The summed E-state index contributed by atoms with van der Waals surface area (Å²) in [5, 5.41) is 30.5. The van der Waals surface area contributed by atoms with E-state index >= 15 is 0 Å². The summed E-state index contributed by atoms with van der Waals surface area (Å²) in [5.74, 6) is 1.48. The molecule has 252 valence electrons. The predicted molar refractivity (Wildman–Crippen MR) is 212 cm³/mol. The molecule has 2 aromatic carbocycles. The number of halogens is 2. The zero-order valence-electron chi connectivity index (χ0n) is 27.8. The maximum absolute atomic E-state index is 10.3. The Labute approximate surface area is 315 Å². The van der Waals surface area contributed by atoms with E-state index in [1.54, 1.807) is 36.5 Å². The second-order valence-corrected chi connectivity index (χ2v) is 14.3. The molecule has 10 heteroatoms. The molecule has 1 aliphatic rings. The van der Waals surface area contributed by atoms with Gasteiger partial charge in [-0.15, -0.1) is 11.3 Å². The van der Waals surface area contributed by atoms with Crippen molar-refractivity contribution in [3.63, 3.8) is 0 Å². The van der Waals surface area contributed by atoms with Crippen LogP contribution in [0.15, 0.2) is 71.0 Å². The van der Waals surface area contributed by atoms with Crippen molar-refractivity contribution in [3.05, 3.63) is 113 Å². The van der Waals surface area contributed by atoms with Crippen LogP contribution in [0.25, 0.3) is 18.2 Å². The first-order chi connectivity index (χ1) is 23.7. The van der Waals surface area contributed by atoms with Gasteiger partial charge in [0.1, 0.15) is 23.8 Å². The summed E-state index contributed by atoms with van der Waals surface area (Å²) in [5.41, 5.74) is 4.64. The van der Waals surface area contributed by atoms with Gasteiger partial charge in [-0.25, -0.2) is 0 Å². The van der Waals surface area contributed by atoms with Crippen molar-refractivity contribution in [2.75, 3.05) is 29.5 Å². The fourth-order valence-electron chi connectivity index (χ4n) is 5.92. The topological polar surface area (TPSA) is 83.8 Å². The lowest BCUT2D eigenvalue weighted by atomic mass is 9.86. The van der Waals surface area contributed by atoms with Crippen molar-refractivity contribution in [2.24, 2.45) is 0 Å². The Hall–Kier alpha value is -3.55. The highest BCUT2D eigenvalue weighted by molar-refractivity contribution is 7.80. The molecule has 0 saturated heterocycles. The molecule has 0 bridgehead atoms. The third-order valence-corrected chi connectivity index (χ3v) is 11.1. The average Bonchev–Trinajstić information content (AvgIpc) is 3.60. The zero-order valence-corrected chi connectivity index (χ0v) is 31.9. The summed E-state index contributed by atoms with van der Waals surface area (Å²) < 4.78 is 6.34. The number of thiol groups is 2. The molecule has 1 unspecified atom stereocenters. The van der Waals surface area contributed by atoms with Gasteiger partial charge in [0.05, 0.1) is 10.0 Å². The Bertz CT molecular complexity index is 1900. The van der Waals surface area contributed by atoms with Gasteiger partial charge in [-0.1, -0.05) is 53.6 Å². The van der Waals surface area contributed by atoms with Gasteiger partial charge in [-0.05, 0) is 111 Å². The molecule has 49 heavy (non-hydrogen) atoms. The van der Waals surface area contributed by atoms with Crippen LogP contribution < -0.4 is 4.90 Å². The Morgan fingerprint density at radius 2 is 1.45 bits per heavy atom. The lowest BCUT2D eigenvalue weighted by Crippen LogP contribution is -2.23. The van der Waals surface area contributed by atoms with Gasteiger partial charge in [-0.3, -0.25) is 0 Å². The lowest BCUT2D eigenvalue weighted by Gasteiger charge is -2.27. The summed E-state index contributed by atoms with van der Waals surface area (Å²) in [6.07, 6.45) is 11.8. The Morgan fingerprint density at radius 3 is 1.96 bits per heavy atom. The molecule has 0 amide bonds. The average molecular weight is 746 g/mol. The van der Waals surface area contributed by atoms with Crippen molar-refractivity contribution >= 4 is 83.7 Å². The van der Waals surface area contributed by atoms with Gasteiger partial charge in [0.25, 0.3) is 0 Å². The fourth-order valence-corrected chi connectivity index (χ4v) is 7.74. The van der Waals surface area contributed by atoms with Crippen molar-refractivity contribution in [2.45, 2.75) is 52.1 Å². The van der Waals surface area contributed by atoms with Crippen molar-refractivity contribution in [3.8, 4) is 18.2 Å². The monoisotopic (exact) mass is 744 g/mol. The van der Waals surface area contributed by atoms with Crippen LogP contribution in [0.5, 0.6) is 0 Å². The van der Waals surface area contributed by atoms with E-state index in [4.69, 9.17) is 27.9 Å². The molecule has 0 spiro atoms. The van der Waals surface area contributed by atoms with Gasteiger partial charge in [0, 0.05) is 39.7 Å². The number of hydrogen-bond donors (Lipinski definition) is 2. The van der Waals surface area contributed by atoms with E-state index < -0.39 is 5.60 Å². The van der Waals surface area contributed by atoms with Gasteiger partial charge in [0.2, 0.25) is 0 Å². The van der Waals surface area contributed by atoms with Crippen LogP contribution >= 0.6 is 59.8 Å². The Balaban J connectivity index is 1.86. The number of rotatable bonds is 14. The van der Waals surface area contributed by atoms with E-state index in [0.29, 0.717) is 21.2 Å². The van der Waals surface area contributed by atoms with E-state index in [9.17, 15) is 15.8 Å². The van der Waals surface area contributed by atoms with Crippen molar-refractivity contribution in [1.82, 2.24) is 0 Å². The SMILES string of the molecule is CCN(CC)c1ccc(/C=C/c2sc(/C=C/C3=C(C#N)C(=C(C#N)C#N)OC3(C)c3ccc(Cl)c(Cl)c3)c(CCCS)c2CCCS)cc1. The van der Waals surface area contributed by atoms with Gasteiger partial charge in [0.15, 0.2) is 16.9 Å². The van der Waals surface area contributed by atoms with E-state index in [2.05, 4.69) is 86.5 Å². The molecule has 0 saturated carbocycles. The molecular weight excluding hydrogens is 708 g/mol. The summed E-state index contributed by atoms with van der Waals surface area (Å²) >= 11 is 23.4. The lowest BCUT2D eigenvalue weighted by molar-refractivity contribution is 0.0755. The maximum atomic E-state index is 10.3. The van der Waals surface area contributed by atoms with E-state index in [-0.39, 0.29) is 16.9 Å². The highest BCUT2D eigenvalue weighted by Gasteiger charge is 2.44. The summed E-state index contributed by atoms with van der Waals surface area (Å²) in [7, 11) is 0. The van der Waals surface area contributed by atoms with E-state index in [1.165, 1.54) is 21.7 Å². The number of ether oxygens (including phenoxy) is 1. The molecular formula is C39H38Cl2N4OS3. The highest BCUT2D eigenvalue weighted by Crippen LogP contribution is 2.48. The normalized spacial score (nSPS) is 15.8. The molecule has 0 aliphatic carbocycles. The summed E-state index contributed by atoms with van der Waals surface area (Å²) in [4.78, 5) is 4.56. The van der Waals surface area contributed by atoms with E-state index in [1.807, 2.05) is 24.3 Å². The number of anilines is 1. The van der Waals surface area contributed by atoms with Crippen LogP contribution in [0.2, 0.25) is 10.0 Å². The Morgan fingerprint density at radius 1 is 0.857 bits per heavy atom. The fraction of sp³-hybridized carbons (Fsp3) is 0.308. The number of hydrogen-bond acceptors (Lipinski definition) is 8. The molecule has 0 N–H and O–H groups in total. The van der Waals surface area contributed by atoms with Gasteiger partial charge < -0.3 is 9.64 Å². The maximum Gasteiger partial charge on any atom is 0.172 e. The van der Waals surface area contributed by atoms with Crippen molar-refractivity contribution < 1.29 is 4.74 Å². The first-order valence-corrected chi connectivity index (χ1v) is 18.9. The minimum absolute atomic E-state index is 0.0488. The number of allylic oxidation sites excluding steroid dienone is 2. The highest BCUT2D eigenvalue weighted by atomic mass is 35.5. The molecule has 1 aliphatic heterocycles. The van der Waals surface area contributed by atoms with Crippen LogP contribution in [-0.2, 0) is 23.2 Å². The largest absolute Gasteiger partial charge is 0.474 e. The molecule has 3 aromatic rings. The van der Waals surface area contributed by atoms with Crippen LogP contribution in [-0.4, -0.2) is 24.6 Å². The standard InChI is InChI=1S/C39H38Cl2N4OS3/c1-4-45(5-2)29-14-10-26(11-15-29)12-18-36-30(8-6-20-47)31(9-7-21-48)37(49-36)19-16-33-32(25-44)38(27(23-42)24-43)46-39(33,3)28-13-17-34(40)35(41)22-28/h10-19,22,47-48H,4-9,20-21H2,1-3H3/b18-12+,19-16+. The number of thiophene rings is 1. The second kappa shape index (κ2) is 17.9. The quantitative estimate of drug-likeness (QED) is 0.127. The first-order valence-electron chi connectivity index (χ1n) is 16.1. The third-order valence-electron chi connectivity index (χ3n) is 8.55. The number of nitrogens with zero attached hydrogens (tertiary/aromatic N) is 4. The van der Waals surface area contributed by atoms with E-state index in [0.717, 1.165) is 60.7 Å². The molecule has 0 fully saturated rings. The van der Waals surface area contributed by atoms with Crippen molar-refractivity contribution in [1.29, 1.82) is 15.8 Å². The van der Waals surface area contributed by atoms with Crippen LogP contribution in [0.3, 0.4) is 0 Å². The number of nitriles is 3. The minimum Gasteiger partial charge on any atom is -0.474 e. The summed E-state index contributed by atoms with van der Waals surface area (Å²) in [6, 6.07) is 19.7. The number of benzene rings is 2. The second-order valence-electron chi connectivity index (χ2n) is 11.5. The van der Waals surface area contributed by atoms with Crippen LogP contribution in [0.1, 0.15) is 65.6 Å². The molecule has 5 nitrogen and oxygen atoms in total. The molecule has 1 atom stereocenters. The van der Waals surface area contributed by atoms with Crippen LogP contribution in [0, 0.1) is 34.0 Å². The Kier molecular flexibility index (Phi) is 14.0. The van der Waals surface area contributed by atoms with Gasteiger partial charge >= 0.3 is 0 Å². The van der Waals surface area contributed by atoms with Crippen LogP contribution in [0.4, 0.5) is 5.69 Å². The minimum atomic E-state index is -1.22. The zero-order chi connectivity index (χ0) is 35.6. The summed E-state index contributed by atoms with van der Waals surface area (Å²) in [6.45, 7) is 8.04. The molecule has 0 radical (unpaired) electrons. The first kappa shape index (κ1) is 38.3. The predicted octanol–water partition coefficient (Wildman–Crippen LogP) is 10.9. The molecule has 1 aromatic heterocycles. The third kappa shape index (κ3) is 8.61. The van der Waals surface area contributed by atoms with Gasteiger partial charge in [-0.2, -0.15) is 41.0 Å².